The first-order valence-corrected chi connectivity index (χ1v) is 7.97. The van der Waals surface area contributed by atoms with Crippen LogP contribution >= 0.6 is 0 Å². The van der Waals surface area contributed by atoms with Crippen molar-refractivity contribution in [2.24, 2.45) is 4.99 Å². The van der Waals surface area contributed by atoms with Gasteiger partial charge in [0.25, 0.3) is 0 Å². The van der Waals surface area contributed by atoms with Crippen LogP contribution in [0.5, 0.6) is 0 Å². The fraction of sp³-hybridized carbons (Fsp3) is 0.529. The third kappa shape index (κ3) is 2.79. The van der Waals surface area contributed by atoms with Gasteiger partial charge in [-0.2, -0.15) is 0 Å². The van der Waals surface area contributed by atoms with E-state index in [9.17, 15) is 4.79 Å². The van der Waals surface area contributed by atoms with E-state index in [0.29, 0.717) is 12.5 Å². The summed E-state index contributed by atoms with van der Waals surface area (Å²) in [6, 6.07) is 9.20. The highest BCUT2D eigenvalue weighted by Gasteiger charge is 2.54. The number of carbonyl (C=O) groups excluding carboxylic acids is 1. The van der Waals surface area contributed by atoms with Crippen molar-refractivity contribution in [3.63, 3.8) is 0 Å². The first-order valence-electron chi connectivity index (χ1n) is 7.97. The number of esters is 1. The van der Waals surface area contributed by atoms with Crippen LogP contribution in [0.1, 0.15) is 25.7 Å². The van der Waals surface area contributed by atoms with E-state index in [1.807, 2.05) is 30.3 Å². The molecule has 2 fully saturated rings. The maximum atomic E-state index is 11.6. The molecule has 3 aliphatic heterocycles. The summed E-state index contributed by atoms with van der Waals surface area (Å²) < 4.78 is 28.9. The molecule has 6 atom stereocenters. The quantitative estimate of drug-likeness (QED) is 0.765. The van der Waals surface area contributed by atoms with Gasteiger partial charge in [-0.1, -0.05) is 30.3 Å². The lowest BCUT2D eigenvalue weighted by atomic mass is 9.96. The van der Waals surface area contributed by atoms with Crippen LogP contribution in [0, 0.1) is 0 Å². The van der Waals surface area contributed by atoms with Crippen molar-refractivity contribution in [2.75, 3.05) is 6.61 Å². The molecule has 128 valence electrons. The SMILES string of the molecule is CC(=O)O[C@@H]1[C@H]2N=C(C)O[C@H]2O[C@@H]2CO[C@@H](c3ccccc3)O[C@@H]12. The second-order valence-corrected chi connectivity index (χ2v) is 6.05. The van der Waals surface area contributed by atoms with Crippen molar-refractivity contribution in [1.29, 1.82) is 0 Å². The van der Waals surface area contributed by atoms with Crippen molar-refractivity contribution in [2.45, 2.75) is 50.8 Å². The smallest absolute Gasteiger partial charge is 0.303 e. The van der Waals surface area contributed by atoms with Gasteiger partial charge in [-0.25, -0.2) is 4.99 Å². The van der Waals surface area contributed by atoms with Crippen molar-refractivity contribution in [3.05, 3.63) is 35.9 Å². The highest BCUT2D eigenvalue weighted by Crippen LogP contribution is 2.38. The number of benzene rings is 1. The minimum atomic E-state index is -0.573. The summed E-state index contributed by atoms with van der Waals surface area (Å²) >= 11 is 0. The topological polar surface area (TPSA) is 75.6 Å². The molecule has 0 amide bonds. The molecule has 2 saturated heterocycles. The van der Waals surface area contributed by atoms with Crippen LogP contribution in [0.2, 0.25) is 0 Å². The third-order valence-electron chi connectivity index (χ3n) is 4.30. The average molecular weight is 333 g/mol. The number of nitrogens with zero attached hydrogens (tertiary/aromatic N) is 1. The summed E-state index contributed by atoms with van der Waals surface area (Å²) in [5.41, 5.74) is 0.905. The van der Waals surface area contributed by atoms with E-state index < -0.39 is 30.8 Å². The average Bonchev–Trinajstić information content (AvgIpc) is 2.95. The van der Waals surface area contributed by atoms with Gasteiger partial charge in [0.2, 0.25) is 6.29 Å². The van der Waals surface area contributed by atoms with E-state index in [4.69, 9.17) is 23.7 Å². The van der Waals surface area contributed by atoms with Crippen LogP contribution < -0.4 is 0 Å². The van der Waals surface area contributed by atoms with Gasteiger partial charge in [-0.15, -0.1) is 0 Å². The minimum absolute atomic E-state index is 0.327. The van der Waals surface area contributed by atoms with E-state index in [-0.39, 0.29) is 12.1 Å². The standard InChI is InChI=1S/C17H19NO6/c1-9-18-13-15(22-10(2)19)14-12(23-17(13)21-9)8-20-16(24-14)11-6-4-3-5-7-11/h3-7,12-17H,8H2,1-2H3/t12-,13-,14-,15-,16-,17+/m1/s1. The number of carbonyl (C=O) groups is 1. The van der Waals surface area contributed by atoms with E-state index in [1.54, 1.807) is 6.92 Å². The van der Waals surface area contributed by atoms with Gasteiger partial charge in [0, 0.05) is 19.4 Å². The largest absolute Gasteiger partial charge is 0.457 e. The van der Waals surface area contributed by atoms with Crippen molar-refractivity contribution in [1.82, 2.24) is 0 Å². The first-order chi connectivity index (χ1) is 11.6. The monoisotopic (exact) mass is 333 g/mol. The van der Waals surface area contributed by atoms with Gasteiger partial charge in [-0.05, 0) is 0 Å². The van der Waals surface area contributed by atoms with E-state index in [0.717, 1.165) is 5.56 Å². The van der Waals surface area contributed by atoms with Crippen molar-refractivity contribution >= 4 is 11.9 Å². The van der Waals surface area contributed by atoms with Crippen LogP contribution in [0.3, 0.4) is 0 Å². The second-order valence-electron chi connectivity index (χ2n) is 6.05. The third-order valence-corrected chi connectivity index (χ3v) is 4.30. The summed E-state index contributed by atoms with van der Waals surface area (Å²) in [7, 11) is 0. The highest BCUT2D eigenvalue weighted by molar-refractivity contribution is 5.75. The summed E-state index contributed by atoms with van der Waals surface area (Å²) in [5.74, 6) is 0.131. The summed E-state index contributed by atoms with van der Waals surface area (Å²) in [6.45, 7) is 3.45. The molecule has 0 aromatic heterocycles. The molecular weight excluding hydrogens is 314 g/mol. The molecule has 0 saturated carbocycles. The second kappa shape index (κ2) is 6.16. The molecular formula is C17H19NO6. The van der Waals surface area contributed by atoms with Gasteiger partial charge in [0.1, 0.15) is 12.2 Å². The maximum Gasteiger partial charge on any atom is 0.303 e. The molecule has 4 rings (SSSR count). The summed E-state index contributed by atoms with van der Waals surface area (Å²) in [6.07, 6.45) is -2.52. The molecule has 1 aromatic rings. The first kappa shape index (κ1) is 15.6. The zero-order valence-corrected chi connectivity index (χ0v) is 13.5. The Bertz CT molecular complexity index is 648. The number of hydrogen-bond acceptors (Lipinski definition) is 7. The number of rotatable bonds is 2. The van der Waals surface area contributed by atoms with E-state index in [2.05, 4.69) is 4.99 Å². The van der Waals surface area contributed by atoms with Gasteiger partial charge in [-0.3, -0.25) is 4.79 Å². The Morgan fingerprint density at radius 2 is 2.04 bits per heavy atom. The number of fused-ring (bicyclic) bond motifs is 2. The fourth-order valence-corrected chi connectivity index (χ4v) is 3.31. The zero-order chi connectivity index (χ0) is 16.7. The Kier molecular flexibility index (Phi) is 3.99. The van der Waals surface area contributed by atoms with Crippen LogP contribution in [-0.4, -0.2) is 49.1 Å². The Morgan fingerprint density at radius 1 is 1.25 bits per heavy atom. The molecule has 7 nitrogen and oxygen atoms in total. The molecule has 0 spiro atoms. The molecule has 0 unspecified atom stereocenters. The van der Waals surface area contributed by atoms with Crippen molar-refractivity contribution in [3.8, 4) is 0 Å². The van der Waals surface area contributed by atoms with Gasteiger partial charge < -0.3 is 23.7 Å². The molecule has 24 heavy (non-hydrogen) atoms. The molecule has 3 aliphatic rings. The summed E-state index contributed by atoms with van der Waals surface area (Å²) in [5, 5.41) is 0. The fourth-order valence-electron chi connectivity index (χ4n) is 3.31. The Hall–Kier alpha value is -1.96. The predicted molar refractivity (Wildman–Crippen MR) is 82.2 cm³/mol. The van der Waals surface area contributed by atoms with Gasteiger partial charge in [0.15, 0.2) is 24.3 Å². The predicted octanol–water partition coefficient (Wildman–Crippen LogP) is 1.57. The Labute approximate surface area is 139 Å². The molecule has 0 bridgehead atoms. The molecule has 0 N–H and O–H groups in total. The molecule has 0 radical (unpaired) electrons. The molecule has 0 aliphatic carbocycles. The zero-order valence-electron chi connectivity index (χ0n) is 13.5. The van der Waals surface area contributed by atoms with Crippen LogP contribution in [0.15, 0.2) is 35.3 Å². The van der Waals surface area contributed by atoms with Crippen LogP contribution in [-0.2, 0) is 28.5 Å². The van der Waals surface area contributed by atoms with Crippen LogP contribution in [0.25, 0.3) is 0 Å². The van der Waals surface area contributed by atoms with Crippen LogP contribution in [0.4, 0.5) is 0 Å². The summed E-state index contributed by atoms with van der Waals surface area (Å²) in [4.78, 5) is 16.0. The van der Waals surface area contributed by atoms with Gasteiger partial charge in [0.05, 0.1) is 6.61 Å². The maximum absolute atomic E-state index is 11.6. The normalized spacial score (nSPS) is 37.7. The Morgan fingerprint density at radius 3 is 2.79 bits per heavy atom. The highest BCUT2D eigenvalue weighted by atomic mass is 16.8. The Balaban J connectivity index is 1.59. The molecule has 3 heterocycles. The lowest BCUT2D eigenvalue weighted by Crippen LogP contribution is -2.61. The lowest BCUT2D eigenvalue weighted by Gasteiger charge is -2.45. The van der Waals surface area contributed by atoms with Crippen molar-refractivity contribution < 1.29 is 28.5 Å². The van der Waals surface area contributed by atoms with E-state index >= 15 is 0 Å². The molecule has 1 aromatic carbocycles. The van der Waals surface area contributed by atoms with Gasteiger partial charge >= 0.3 is 5.97 Å². The van der Waals surface area contributed by atoms with E-state index in [1.165, 1.54) is 6.92 Å². The number of aliphatic imine (C=N–C) groups is 1. The number of hydrogen-bond donors (Lipinski definition) is 0. The molecule has 7 heteroatoms. The minimum Gasteiger partial charge on any atom is -0.457 e. The number of ether oxygens (including phenoxy) is 5. The lowest BCUT2D eigenvalue weighted by molar-refractivity contribution is -0.330.